The van der Waals surface area contributed by atoms with Crippen molar-refractivity contribution in [3.63, 3.8) is 0 Å². The zero-order valence-corrected chi connectivity index (χ0v) is 19.9. The molecule has 9 nitrogen and oxygen atoms in total. The van der Waals surface area contributed by atoms with Crippen LogP contribution in [0.5, 0.6) is 5.75 Å². The molecule has 2 heterocycles. The van der Waals surface area contributed by atoms with Gasteiger partial charge in [0, 0.05) is 38.1 Å². The van der Waals surface area contributed by atoms with Gasteiger partial charge >= 0.3 is 0 Å². The summed E-state index contributed by atoms with van der Waals surface area (Å²) in [5, 5.41) is 0. The summed E-state index contributed by atoms with van der Waals surface area (Å²) < 4.78 is 35.1. The van der Waals surface area contributed by atoms with Crippen molar-refractivity contribution >= 4 is 15.7 Å². The van der Waals surface area contributed by atoms with Crippen LogP contribution in [0.15, 0.2) is 47.4 Å². The van der Waals surface area contributed by atoms with Crippen molar-refractivity contribution in [2.24, 2.45) is 0 Å². The van der Waals surface area contributed by atoms with Gasteiger partial charge in [-0.25, -0.2) is 18.7 Å². The predicted molar refractivity (Wildman–Crippen MR) is 123 cm³/mol. The highest BCUT2D eigenvalue weighted by molar-refractivity contribution is 7.92. The zero-order chi connectivity index (χ0) is 24.1. The van der Waals surface area contributed by atoms with Crippen LogP contribution in [-0.4, -0.2) is 49.9 Å². The molecule has 1 aromatic heterocycles. The maximum absolute atomic E-state index is 12.8. The van der Waals surface area contributed by atoms with Gasteiger partial charge in [-0.3, -0.25) is 9.59 Å². The molecule has 2 aromatic rings. The van der Waals surface area contributed by atoms with Crippen molar-refractivity contribution in [1.82, 2.24) is 10.0 Å². The van der Waals surface area contributed by atoms with Crippen LogP contribution in [0.2, 0.25) is 0 Å². The van der Waals surface area contributed by atoms with Gasteiger partial charge in [-0.15, -0.1) is 0 Å². The van der Waals surface area contributed by atoms with Gasteiger partial charge in [0.1, 0.15) is 5.75 Å². The molecule has 1 aromatic carbocycles. The lowest BCUT2D eigenvalue weighted by Crippen LogP contribution is -2.51. The Morgan fingerprint density at radius 2 is 1.94 bits per heavy atom. The van der Waals surface area contributed by atoms with Gasteiger partial charge in [-0.1, -0.05) is 12.1 Å². The fraction of sp³-hybridized carbons (Fsp3) is 0.478. The van der Waals surface area contributed by atoms with Crippen LogP contribution in [0, 0.1) is 0 Å². The van der Waals surface area contributed by atoms with Crippen LogP contribution in [-0.2, 0) is 30.8 Å². The summed E-state index contributed by atoms with van der Waals surface area (Å²) in [5.74, 6) is -0.0773. The summed E-state index contributed by atoms with van der Waals surface area (Å²) in [6.45, 7) is 1.90. The van der Waals surface area contributed by atoms with E-state index in [-0.39, 0.29) is 18.5 Å². The van der Waals surface area contributed by atoms with Crippen LogP contribution in [0.1, 0.15) is 32.6 Å². The van der Waals surface area contributed by atoms with Crippen LogP contribution < -0.4 is 15.8 Å². The number of amides is 1. The molecule has 0 spiro atoms. The Morgan fingerprint density at radius 3 is 2.52 bits per heavy atom. The number of pyridine rings is 1. The minimum absolute atomic E-state index is 0.0403. The number of aromatic nitrogens is 1. The lowest BCUT2D eigenvalue weighted by Gasteiger charge is -2.28. The molecule has 1 amide bonds. The SMILES string of the molecule is COc1ccc(-c2ccn(CCC(C)(C(=O)NOC3CCCCO3)S(C)(=O)=O)c(=O)c2)cc1. The molecule has 180 valence electrons. The minimum Gasteiger partial charge on any atom is -0.497 e. The van der Waals surface area contributed by atoms with Gasteiger partial charge in [0.15, 0.2) is 20.9 Å². The van der Waals surface area contributed by atoms with Crippen LogP contribution in [0.4, 0.5) is 0 Å². The first-order chi connectivity index (χ1) is 15.6. The summed E-state index contributed by atoms with van der Waals surface area (Å²) in [6.07, 6.45) is 4.33. The standard InChI is InChI=1S/C23H30N2O7S/c1-23(33(3,28)29,22(27)24-32-21-6-4-5-15-31-21)12-14-25-13-11-18(16-20(25)26)17-7-9-19(30-2)10-8-17/h7-11,13,16,21H,4-6,12,14-15H2,1-3H3,(H,24,27). The highest BCUT2D eigenvalue weighted by Crippen LogP contribution is 2.24. The van der Waals surface area contributed by atoms with Crippen molar-refractivity contribution in [2.75, 3.05) is 20.0 Å². The molecule has 2 atom stereocenters. The van der Waals surface area contributed by atoms with Gasteiger partial charge < -0.3 is 14.0 Å². The number of benzene rings is 1. The fourth-order valence-electron chi connectivity index (χ4n) is 3.49. The van der Waals surface area contributed by atoms with Gasteiger partial charge in [0.25, 0.3) is 11.5 Å². The van der Waals surface area contributed by atoms with E-state index in [1.807, 2.05) is 12.1 Å². The largest absolute Gasteiger partial charge is 0.497 e. The lowest BCUT2D eigenvalue weighted by molar-refractivity contribution is -0.201. The quantitative estimate of drug-likeness (QED) is 0.550. The Bertz CT molecular complexity index is 1120. The normalized spacial score (nSPS) is 18.3. The Morgan fingerprint density at radius 1 is 1.21 bits per heavy atom. The molecule has 1 aliphatic heterocycles. The molecule has 10 heteroatoms. The van der Waals surface area contributed by atoms with Gasteiger partial charge in [0.05, 0.1) is 7.11 Å². The molecule has 2 unspecified atom stereocenters. The molecule has 1 saturated heterocycles. The number of nitrogens with zero attached hydrogens (tertiary/aromatic N) is 1. The Hall–Kier alpha value is -2.69. The molecule has 33 heavy (non-hydrogen) atoms. The third-order valence-corrected chi connectivity index (χ3v) is 8.00. The summed E-state index contributed by atoms with van der Waals surface area (Å²) >= 11 is 0. The molecule has 0 aliphatic carbocycles. The number of hydrogen-bond donors (Lipinski definition) is 1. The van der Waals surface area contributed by atoms with Gasteiger partial charge in [-0.2, -0.15) is 0 Å². The number of hydrogen-bond acceptors (Lipinski definition) is 7. The molecule has 1 fully saturated rings. The van der Waals surface area contributed by atoms with Crippen molar-refractivity contribution in [2.45, 2.75) is 50.2 Å². The molecule has 0 radical (unpaired) electrons. The summed E-state index contributed by atoms with van der Waals surface area (Å²) in [7, 11) is -2.24. The number of carbonyl (C=O) groups excluding carboxylic acids is 1. The molecule has 0 saturated carbocycles. The second kappa shape index (κ2) is 10.5. The monoisotopic (exact) mass is 478 g/mol. The van der Waals surface area contributed by atoms with E-state index in [1.165, 1.54) is 17.6 Å². The first kappa shape index (κ1) is 24.9. The van der Waals surface area contributed by atoms with E-state index in [4.69, 9.17) is 14.3 Å². The fourth-order valence-corrected chi connectivity index (χ4v) is 4.33. The van der Waals surface area contributed by atoms with Gasteiger partial charge in [-0.05, 0) is 55.5 Å². The molecular weight excluding hydrogens is 448 g/mol. The summed E-state index contributed by atoms with van der Waals surface area (Å²) in [4.78, 5) is 30.7. The van der Waals surface area contributed by atoms with E-state index in [0.717, 1.165) is 30.2 Å². The van der Waals surface area contributed by atoms with Crippen LogP contribution >= 0.6 is 0 Å². The molecular formula is C23H30N2O7S. The third-order valence-electron chi connectivity index (χ3n) is 5.97. The maximum Gasteiger partial charge on any atom is 0.264 e. The van der Waals surface area contributed by atoms with E-state index in [1.54, 1.807) is 31.5 Å². The highest BCUT2D eigenvalue weighted by Gasteiger charge is 2.44. The first-order valence-corrected chi connectivity index (χ1v) is 12.7. The maximum atomic E-state index is 12.8. The molecule has 0 bridgehead atoms. The number of ether oxygens (including phenoxy) is 2. The number of rotatable bonds is 9. The van der Waals surface area contributed by atoms with Crippen molar-refractivity contribution in [3.8, 4) is 16.9 Å². The Labute approximate surface area is 193 Å². The third kappa shape index (κ3) is 6.01. The topological polar surface area (TPSA) is 113 Å². The second-order valence-corrected chi connectivity index (χ2v) is 10.7. The second-order valence-electron chi connectivity index (χ2n) is 8.27. The minimum atomic E-state index is -3.82. The summed E-state index contributed by atoms with van der Waals surface area (Å²) in [6, 6.07) is 10.5. The number of carbonyl (C=O) groups is 1. The Kier molecular flexibility index (Phi) is 7.93. The average molecular weight is 479 g/mol. The van der Waals surface area contributed by atoms with Gasteiger partial charge in [0.2, 0.25) is 0 Å². The summed E-state index contributed by atoms with van der Waals surface area (Å²) in [5.41, 5.74) is 3.52. The van der Waals surface area contributed by atoms with E-state index >= 15 is 0 Å². The molecule has 3 rings (SSSR count). The van der Waals surface area contributed by atoms with Crippen LogP contribution in [0.3, 0.4) is 0 Å². The van der Waals surface area contributed by atoms with E-state index in [9.17, 15) is 18.0 Å². The number of sulfone groups is 1. The Balaban J connectivity index is 1.70. The van der Waals surface area contributed by atoms with Crippen LogP contribution in [0.25, 0.3) is 11.1 Å². The lowest BCUT2D eigenvalue weighted by atomic mass is 10.1. The number of aryl methyl sites for hydroxylation is 1. The zero-order valence-electron chi connectivity index (χ0n) is 19.1. The smallest absolute Gasteiger partial charge is 0.264 e. The van der Waals surface area contributed by atoms with E-state index in [2.05, 4.69) is 5.48 Å². The predicted octanol–water partition coefficient (Wildman–Crippen LogP) is 2.29. The number of methoxy groups -OCH3 is 1. The molecule has 1 aliphatic rings. The first-order valence-electron chi connectivity index (χ1n) is 10.8. The molecule has 1 N–H and O–H groups in total. The van der Waals surface area contributed by atoms with Crippen molar-refractivity contribution < 1.29 is 27.5 Å². The number of hydroxylamine groups is 1. The average Bonchev–Trinajstić information content (AvgIpc) is 2.81. The van der Waals surface area contributed by atoms with Crippen molar-refractivity contribution in [3.05, 3.63) is 52.9 Å². The highest BCUT2D eigenvalue weighted by atomic mass is 32.2. The number of nitrogens with one attached hydrogen (secondary N) is 1. The van der Waals surface area contributed by atoms with E-state index in [0.29, 0.717) is 18.8 Å². The van der Waals surface area contributed by atoms with Crippen molar-refractivity contribution in [1.29, 1.82) is 0 Å². The van der Waals surface area contributed by atoms with E-state index < -0.39 is 26.8 Å².